The molecule has 1 aromatic rings. The number of urea groups is 1. The van der Waals surface area contributed by atoms with Crippen molar-refractivity contribution in [3.05, 3.63) is 23.8 Å². The number of benzene rings is 1. The van der Waals surface area contributed by atoms with Crippen LogP contribution in [0.3, 0.4) is 0 Å². The number of carbonyl (C=O) groups excluding carboxylic acids is 1. The maximum atomic E-state index is 11.9. The van der Waals surface area contributed by atoms with Crippen LogP contribution in [0.5, 0.6) is 0 Å². The van der Waals surface area contributed by atoms with E-state index in [4.69, 9.17) is 4.74 Å². The number of amides is 2. The topological polar surface area (TPSA) is 50.4 Å². The van der Waals surface area contributed by atoms with Crippen molar-refractivity contribution in [2.75, 3.05) is 18.5 Å². The molecule has 1 heterocycles. The highest BCUT2D eigenvalue weighted by Crippen LogP contribution is 2.28. The summed E-state index contributed by atoms with van der Waals surface area (Å²) in [5.74, 6) is 0. The van der Waals surface area contributed by atoms with Crippen LogP contribution in [0.2, 0.25) is 0 Å². The third-order valence-corrected chi connectivity index (χ3v) is 4.88. The van der Waals surface area contributed by atoms with Crippen LogP contribution in [0, 0.1) is 6.92 Å². The summed E-state index contributed by atoms with van der Waals surface area (Å²) in [6.07, 6.45) is 2.03. The van der Waals surface area contributed by atoms with Crippen LogP contribution in [0.1, 0.15) is 32.3 Å². The summed E-state index contributed by atoms with van der Waals surface area (Å²) in [5.41, 5.74) is 1.95. The van der Waals surface area contributed by atoms with Crippen LogP contribution in [-0.4, -0.2) is 30.5 Å². The first-order valence-corrected chi connectivity index (χ1v) is 8.39. The molecule has 2 rings (SSSR count). The number of carbonyl (C=O) groups is 1. The summed E-state index contributed by atoms with van der Waals surface area (Å²) < 4.78 is 5.25. The molecule has 21 heavy (non-hydrogen) atoms. The van der Waals surface area contributed by atoms with Crippen molar-refractivity contribution >= 4 is 23.5 Å². The van der Waals surface area contributed by atoms with Gasteiger partial charge in [-0.1, -0.05) is 13.8 Å². The van der Waals surface area contributed by atoms with Crippen LogP contribution >= 0.6 is 11.8 Å². The lowest BCUT2D eigenvalue weighted by atomic mass is 10.2. The SMILES string of the molecule is CC[C@H](C)Sc1ccc(NC(=O)N[C@H]2CCOC2)c(C)c1. The van der Waals surface area contributed by atoms with Gasteiger partial charge in [0.1, 0.15) is 0 Å². The molecule has 0 bridgehead atoms. The first-order chi connectivity index (χ1) is 10.1. The van der Waals surface area contributed by atoms with Gasteiger partial charge in [0.15, 0.2) is 0 Å². The Balaban J connectivity index is 1.92. The predicted molar refractivity (Wildman–Crippen MR) is 88.2 cm³/mol. The minimum atomic E-state index is -0.157. The summed E-state index contributed by atoms with van der Waals surface area (Å²) in [4.78, 5) is 13.2. The van der Waals surface area contributed by atoms with Gasteiger partial charge in [0.25, 0.3) is 0 Å². The molecular weight excluding hydrogens is 284 g/mol. The van der Waals surface area contributed by atoms with E-state index in [9.17, 15) is 4.79 Å². The van der Waals surface area contributed by atoms with Gasteiger partial charge >= 0.3 is 6.03 Å². The Bertz CT molecular complexity index is 487. The quantitative estimate of drug-likeness (QED) is 0.814. The zero-order valence-electron chi connectivity index (χ0n) is 12.9. The number of hydrogen-bond donors (Lipinski definition) is 2. The Labute approximate surface area is 131 Å². The molecule has 0 saturated carbocycles. The minimum Gasteiger partial charge on any atom is -0.379 e. The molecule has 0 aliphatic carbocycles. The Morgan fingerprint density at radius 3 is 2.95 bits per heavy atom. The second-order valence-electron chi connectivity index (χ2n) is 5.47. The van der Waals surface area contributed by atoms with E-state index in [2.05, 4.69) is 36.6 Å². The number of hydrogen-bond acceptors (Lipinski definition) is 3. The Hall–Kier alpha value is -1.20. The Morgan fingerprint density at radius 2 is 2.33 bits per heavy atom. The average Bonchev–Trinajstić information content (AvgIpc) is 2.94. The van der Waals surface area contributed by atoms with E-state index in [0.29, 0.717) is 11.9 Å². The minimum absolute atomic E-state index is 0.130. The van der Waals surface area contributed by atoms with Crippen LogP contribution < -0.4 is 10.6 Å². The standard InChI is InChI=1S/C16H24N2O2S/c1-4-12(3)21-14-5-6-15(11(2)9-14)18-16(19)17-13-7-8-20-10-13/h5-6,9,12-13H,4,7-8,10H2,1-3H3,(H2,17,18,19)/t12-,13-/m0/s1. The fraction of sp³-hybridized carbons (Fsp3) is 0.562. The van der Waals surface area contributed by atoms with Crippen molar-refractivity contribution in [3.63, 3.8) is 0 Å². The molecule has 2 amide bonds. The maximum absolute atomic E-state index is 11.9. The molecule has 5 heteroatoms. The number of rotatable bonds is 5. The molecule has 2 atom stereocenters. The zero-order valence-corrected chi connectivity index (χ0v) is 13.8. The van der Waals surface area contributed by atoms with Gasteiger partial charge in [0, 0.05) is 22.4 Å². The smallest absolute Gasteiger partial charge is 0.319 e. The molecule has 1 fully saturated rings. The average molecular weight is 308 g/mol. The van der Waals surface area contributed by atoms with Crippen molar-refractivity contribution in [3.8, 4) is 0 Å². The summed E-state index contributed by atoms with van der Waals surface area (Å²) >= 11 is 1.87. The summed E-state index contributed by atoms with van der Waals surface area (Å²) in [7, 11) is 0. The highest BCUT2D eigenvalue weighted by molar-refractivity contribution is 7.99. The highest BCUT2D eigenvalue weighted by Gasteiger charge is 2.18. The predicted octanol–water partition coefficient (Wildman–Crippen LogP) is 3.80. The van der Waals surface area contributed by atoms with Crippen LogP contribution in [0.15, 0.2) is 23.1 Å². The lowest BCUT2D eigenvalue weighted by Gasteiger charge is -2.15. The Morgan fingerprint density at radius 1 is 1.52 bits per heavy atom. The molecule has 116 valence electrons. The molecular formula is C16H24N2O2S. The number of thioether (sulfide) groups is 1. The number of nitrogens with one attached hydrogen (secondary N) is 2. The largest absolute Gasteiger partial charge is 0.379 e. The third kappa shape index (κ3) is 4.93. The van der Waals surface area contributed by atoms with Crippen molar-refractivity contribution in [2.45, 2.75) is 49.8 Å². The van der Waals surface area contributed by atoms with Crippen molar-refractivity contribution in [2.24, 2.45) is 0 Å². The van der Waals surface area contributed by atoms with E-state index in [1.807, 2.05) is 24.8 Å². The normalized spacial score (nSPS) is 19.3. The molecule has 0 aromatic heterocycles. The van der Waals surface area contributed by atoms with Gasteiger partial charge in [-0.15, -0.1) is 11.8 Å². The van der Waals surface area contributed by atoms with Gasteiger partial charge in [-0.25, -0.2) is 4.79 Å². The van der Waals surface area contributed by atoms with E-state index in [1.165, 1.54) is 4.90 Å². The van der Waals surface area contributed by atoms with Gasteiger partial charge in [0.2, 0.25) is 0 Å². The number of aryl methyl sites for hydroxylation is 1. The van der Waals surface area contributed by atoms with E-state index in [-0.39, 0.29) is 12.1 Å². The van der Waals surface area contributed by atoms with Gasteiger partial charge in [-0.05, 0) is 43.5 Å². The van der Waals surface area contributed by atoms with E-state index in [0.717, 1.165) is 30.7 Å². The molecule has 0 unspecified atom stereocenters. The molecule has 1 aliphatic rings. The van der Waals surface area contributed by atoms with E-state index >= 15 is 0 Å². The second kappa shape index (κ2) is 7.71. The molecule has 4 nitrogen and oxygen atoms in total. The molecule has 1 aliphatic heterocycles. The monoisotopic (exact) mass is 308 g/mol. The van der Waals surface area contributed by atoms with Crippen LogP contribution in [0.25, 0.3) is 0 Å². The van der Waals surface area contributed by atoms with Crippen molar-refractivity contribution in [1.82, 2.24) is 5.32 Å². The Kier molecular flexibility index (Phi) is 5.94. The molecule has 0 spiro atoms. The van der Waals surface area contributed by atoms with Crippen LogP contribution in [0.4, 0.5) is 10.5 Å². The molecule has 1 aromatic carbocycles. The van der Waals surface area contributed by atoms with Crippen molar-refractivity contribution < 1.29 is 9.53 Å². The summed E-state index contributed by atoms with van der Waals surface area (Å²) in [6.45, 7) is 7.78. The fourth-order valence-electron chi connectivity index (χ4n) is 2.16. The van der Waals surface area contributed by atoms with Gasteiger partial charge < -0.3 is 15.4 Å². The van der Waals surface area contributed by atoms with E-state index in [1.54, 1.807) is 0 Å². The van der Waals surface area contributed by atoms with Gasteiger partial charge in [-0.3, -0.25) is 0 Å². The number of anilines is 1. The molecule has 1 saturated heterocycles. The number of ether oxygens (including phenoxy) is 1. The fourth-order valence-corrected chi connectivity index (χ4v) is 3.18. The maximum Gasteiger partial charge on any atom is 0.319 e. The zero-order chi connectivity index (χ0) is 15.2. The lowest BCUT2D eigenvalue weighted by Crippen LogP contribution is -2.38. The van der Waals surface area contributed by atoms with E-state index < -0.39 is 0 Å². The van der Waals surface area contributed by atoms with Crippen LogP contribution in [-0.2, 0) is 4.74 Å². The third-order valence-electron chi connectivity index (χ3n) is 3.62. The van der Waals surface area contributed by atoms with Gasteiger partial charge in [0.05, 0.1) is 12.6 Å². The van der Waals surface area contributed by atoms with Crippen molar-refractivity contribution in [1.29, 1.82) is 0 Å². The summed E-state index contributed by atoms with van der Waals surface area (Å²) in [6, 6.07) is 6.15. The molecule has 0 radical (unpaired) electrons. The highest BCUT2D eigenvalue weighted by atomic mass is 32.2. The first-order valence-electron chi connectivity index (χ1n) is 7.51. The van der Waals surface area contributed by atoms with Gasteiger partial charge in [-0.2, -0.15) is 0 Å². The first kappa shape index (κ1) is 16.2. The second-order valence-corrected chi connectivity index (χ2v) is 6.98. The summed E-state index contributed by atoms with van der Waals surface area (Å²) in [5, 5.41) is 6.45. The molecule has 2 N–H and O–H groups in total. The lowest BCUT2D eigenvalue weighted by molar-refractivity contribution is 0.189.